The number of carbonyl (C=O) groups is 1. The van der Waals surface area contributed by atoms with E-state index in [1.165, 1.54) is 7.11 Å². The monoisotopic (exact) mass is 281 g/mol. The van der Waals surface area contributed by atoms with Gasteiger partial charge < -0.3 is 10.1 Å². The molecule has 1 rings (SSSR count). The second-order valence-corrected chi connectivity index (χ2v) is 7.22. The second-order valence-electron chi connectivity index (χ2n) is 5.41. The third-order valence-corrected chi connectivity index (χ3v) is 4.39. The normalized spacial score (nSPS) is 14.8. The molecule has 0 saturated carbocycles. The number of benzene rings is 1. The fourth-order valence-electron chi connectivity index (χ4n) is 1.80. The van der Waals surface area contributed by atoms with Gasteiger partial charge in [-0.15, -0.1) is 0 Å². The Morgan fingerprint density at radius 1 is 1.26 bits per heavy atom. The molecule has 0 saturated heterocycles. The summed E-state index contributed by atoms with van der Waals surface area (Å²) in [6.07, 6.45) is 0. The van der Waals surface area contributed by atoms with Crippen molar-refractivity contribution in [3.63, 3.8) is 0 Å². The number of likely N-dealkylation sites (N-methyl/N-ethyl adjacent to an activating group) is 1. The van der Waals surface area contributed by atoms with E-state index in [4.69, 9.17) is 4.74 Å². The van der Waals surface area contributed by atoms with Gasteiger partial charge in [0.1, 0.15) is 0 Å². The number of carbonyl (C=O) groups excluding carboxylic acids is 1. The standard InChI is InChI=1S/C15H23NO2S/c1-14(2,3)19-11-15(16-4,13(17)18-5)12-9-7-6-8-10-12/h6-10,16H,11H2,1-5H3. The number of nitrogens with one attached hydrogen (secondary N) is 1. The second kappa shape index (κ2) is 6.44. The summed E-state index contributed by atoms with van der Waals surface area (Å²) in [5.41, 5.74) is 0.134. The van der Waals surface area contributed by atoms with Gasteiger partial charge in [0.2, 0.25) is 0 Å². The van der Waals surface area contributed by atoms with Gasteiger partial charge in [-0.3, -0.25) is 0 Å². The first-order valence-corrected chi connectivity index (χ1v) is 7.31. The highest BCUT2D eigenvalue weighted by atomic mass is 32.2. The van der Waals surface area contributed by atoms with Crippen LogP contribution in [0.5, 0.6) is 0 Å². The number of hydrogen-bond donors (Lipinski definition) is 1. The molecule has 0 aliphatic heterocycles. The Morgan fingerprint density at radius 3 is 2.26 bits per heavy atom. The summed E-state index contributed by atoms with van der Waals surface area (Å²) in [4.78, 5) is 12.3. The molecule has 0 bridgehead atoms. The molecule has 0 aliphatic rings. The van der Waals surface area contributed by atoms with Crippen LogP contribution >= 0.6 is 11.8 Å². The SMILES string of the molecule is CNC(CSC(C)(C)C)(C(=O)OC)c1ccccc1. The van der Waals surface area contributed by atoms with Crippen molar-refractivity contribution in [2.24, 2.45) is 0 Å². The maximum Gasteiger partial charge on any atom is 0.331 e. The van der Waals surface area contributed by atoms with Crippen LogP contribution in [0.2, 0.25) is 0 Å². The minimum Gasteiger partial charge on any atom is -0.467 e. The van der Waals surface area contributed by atoms with E-state index >= 15 is 0 Å². The molecule has 0 heterocycles. The van der Waals surface area contributed by atoms with E-state index in [2.05, 4.69) is 26.1 Å². The topological polar surface area (TPSA) is 38.3 Å². The molecule has 0 aromatic heterocycles. The smallest absolute Gasteiger partial charge is 0.331 e. The largest absolute Gasteiger partial charge is 0.467 e. The highest BCUT2D eigenvalue weighted by Gasteiger charge is 2.40. The van der Waals surface area contributed by atoms with Crippen LogP contribution in [-0.2, 0) is 15.1 Å². The first-order chi connectivity index (χ1) is 8.85. The lowest BCUT2D eigenvalue weighted by molar-refractivity contribution is -0.147. The first kappa shape index (κ1) is 16.1. The van der Waals surface area contributed by atoms with Crippen LogP contribution in [0, 0.1) is 0 Å². The average Bonchev–Trinajstić information content (AvgIpc) is 2.39. The molecule has 3 nitrogen and oxygen atoms in total. The zero-order valence-corrected chi connectivity index (χ0v) is 13.1. The van der Waals surface area contributed by atoms with E-state index in [0.29, 0.717) is 5.75 Å². The number of rotatable bonds is 5. The van der Waals surface area contributed by atoms with Gasteiger partial charge in [-0.2, -0.15) is 11.8 Å². The summed E-state index contributed by atoms with van der Waals surface area (Å²) < 4.78 is 5.10. The molecule has 0 fully saturated rings. The lowest BCUT2D eigenvalue weighted by Gasteiger charge is -2.33. The number of esters is 1. The summed E-state index contributed by atoms with van der Waals surface area (Å²) in [5, 5.41) is 3.16. The van der Waals surface area contributed by atoms with E-state index in [1.54, 1.807) is 18.8 Å². The van der Waals surface area contributed by atoms with Crippen molar-refractivity contribution >= 4 is 17.7 Å². The van der Waals surface area contributed by atoms with Crippen LogP contribution in [0.3, 0.4) is 0 Å². The van der Waals surface area contributed by atoms with Crippen molar-refractivity contribution in [3.05, 3.63) is 35.9 Å². The molecular formula is C15H23NO2S. The third-order valence-electron chi connectivity index (χ3n) is 2.95. The molecule has 1 aromatic rings. The van der Waals surface area contributed by atoms with Gasteiger partial charge in [-0.05, 0) is 12.6 Å². The third kappa shape index (κ3) is 3.98. The summed E-state index contributed by atoms with van der Waals surface area (Å²) >= 11 is 1.74. The quantitative estimate of drug-likeness (QED) is 0.842. The Bertz CT molecular complexity index is 414. The Balaban J connectivity index is 3.12. The van der Waals surface area contributed by atoms with Gasteiger partial charge in [0.15, 0.2) is 5.54 Å². The maximum atomic E-state index is 12.3. The van der Waals surface area contributed by atoms with Crippen molar-refractivity contribution in [1.82, 2.24) is 5.32 Å². The van der Waals surface area contributed by atoms with Gasteiger partial charge in [-0.25, -0.2) is 4.79 Å². The molecule has 1 N–H and O–H groups in total. The molecule has 0 amide bonds. The zero-order valence-electron chi connectivity index (χ0n) is 12.3. The minimum atomic E-state index is -0.798. The predicted octanol–water partition coefficient (Wildman–Crippen LogP) is 2.81. The number of hydrogen-bond acceptors (Lipinski definition) is 4. The number of ether oxygens (including phenoxy) is 1. The molecule has 106 valence electrons. The predicted molar refractivity (Wildman–Crippen MR) is 81.4 cm³/mol. The molecule has 1 aromatic carbocycles. The molecule has 0 aliphatic carbocycles. The van der Waals surface area contributed by atoms with Crippen molar-refractivity contribution in [1.29, 1.82) is 0 Å². The molecule has 1 unspecified atom stereocenters. The summed E-state index contributed by atoms with van der Waals surface area (Å²) in [6.45, 7) is 6.42. The Kier molecular flexibility index (Phi) is 5.44. The lowest BCUT2D eigenvalue weighted by atomic mass is 9.92. The summed E-state index contributed by atoms with van der Waals surface area (Å²) in [5.74, 6) is 0.377. The Morgan fingerprint density at radius 2 is 1.84 bits per heavy atom. The van der Waals surface area contributed by atoms with Crippen molar-refractivity contribution in [3.8, 4) is 0 Å². The number of methoxy groups -OCH3 is 1. The molecule has 19 heavy (non-hydrogen) atoms. The van der Waals surface area contributed by atoms with Crippen molar-refractivity contribution in [2.45, 2.75) is 31.1 Å². The highest BCUT2D eigenvalue weighted by Crippen LogP contribution is 2.33. The molecule has 4 heteroatoms. The average molecular weight is 281 g/mol. The number of thioether (sulfide) groups is 1. The molecule has 0 radical (unpaired) electrons. The van der Waals surface area contributed by atoms with E-state index in [9.17, 15) is 4.79 Å². The van der Waals surface area contributed by atoms with Gasteiger partial charge >= 0.3 is 5.97 Å². The molecule has 0 spiro atoms. The van der Waals surface area contributed by atoms with Crippen LogP contribution in [0.4, 0.5) is 0 Å². The zero-order chi connectivity index (χ0) is 14.5. The summed E-state index contributed by atoms with van der Waals surface area (Å²) in [6, 6.07) is 9.73. The van der Waals surface area contributed by atoms with E-state index in [-0.39, 0.29) is 10.7 Å². The molecule has 1 atom stereocenters. The fraction of sp³-hybridized carbons (Fsp3) is 0.533. The Hall–Kier alpha value is -1.00. The first-order valence-electron chi connectivity index (χ1n) is 6.32. The van der Waals surface area contributed by atoms with Gasteiger partial charge in [-0.1, -0.05) is 51.1 Å². The molecular weight excluding hydrogens is 258 g/mol. The minimum absolute atomic E-state index is 0.0882. The summed E-state index contributed by atoms with van der Waals surface area (Å²) in [7, 11) is 3.23. The van der Waals surface area contributed by atoms with Crippen LogP contribution in [0.1, 0.15) is 26.3 Å². The highest BCUT2D eigenvalue weighted by molar-refractivity contribution is 8.00. The van der Waals surface area contributed by atoms with E-state index in [0.717, 1.165) is 5.56 Å². The van der Waals surface area contributed by atoms with Crippen molar-refractivity contribution in [2.75, 3.05) is 19.9 Å². The fourth-order valence-corrected chi connectivity index (χ4v) is 2.88. The maximum absolute atomic E-state index is 12.3. The van der Waals surface area contributed by atoms with Gasteiger partial charge in [0.25, 0.3) is 0 Å². The lowest BCUT2D eigenvalue weighted by Crippen LogP contribution is -2.51. The van der Waals surface area contributed by atoms with Crippen molar-refractivity contribution < 1.29 is 9.53 Å². The van der Waals surface area contributed by atoms with Gasteiger partial charge in [0.05, 0.1) is 7.11 Å². The van der Waals surface area contributed by atoms with Gasteiger partial charge in [0, 0.05) is 10.5 Å². The van der Waals surface area contributed by atoms with Crippen LogP contribution in [-0.4, -0.2) is 30.6 Å². The Labute approximate surface area is 120 Å². The van der Waals surface area contributed by atoms with Crippen LogP contribution in [0.15, 0.2) is 30.3 Å². The van der Waals surface area contributed by atoms with Crippen LogP contribution in [0.25, 0.3) is 0 Å². The van der Waals surface area contributed by atoms with E-state index < -0.39 is 5.54 Å². The van der Waals surface area contributed by atoms with Crippen LogP contribution < -0.4 is 5.32 Å². The van der Waals surface area contributed by atoms with E-state index in [1.807, 2.05) is 30.3 Å².